The number of nitrogens with zero attached hydrogens (tertiary/aromatic N) is 5. The van der Waals surface area contributed by atoms with Crippen molar-refractivity contribution < 1.29 is 13.3 Å². The van der Waals surface area contributed by atoms with Crippen molar-refractivity contribution in [2.75, 3.05) is 10.8 Å². The first-order chi connectivity index (χ1) is 12.8. The fourth-order valence-corrected chi connectivity index (χ4v) is 4.09. The van der Waals surface area contributed by atoms with Crippen LogP contribution in [0.25, 0.3) is 16.9 Å². The fraction of sp³-hybridized carbons (Fsp3) is 0.294. The van der Waals surface area contributed by atoms with Crippen LogP contribution in [-0.4, -0.2) is 39.7 Å². The smallest absolute Gasteiger partial charge is 0.270 e. The van der Waals surface area contributed by atoms with Crippen LogP contribution in [0.5, 0.6) is 0 Å². The van der Waals surface area contributed by atoms with E-state index in [9.17, 15) is 18.5 Å². The van der Waals surface area contributed by atoms with Gasteiger partial charge in [0.05, 0.1) is 21.6 Å². The Morgan fingerprint density at radius 1 is 1.30 bits per heavy atom. The van der Waals surface area contributed by atoms with Crippen LogP contribution in [0.15, 0.2) is 42.7 Å². The van der Waals surface area contributed by atoms with E-state index in [0.717, 1.165) is 6.20 Å². The van der Waals surface area contributed by atoms with Crippen LogP contribution < -0.4 is 4.31 Å². The number of aromatic nitrogens is 3. The number of sulfonamides is 1. The summed E-state index contributed by atoms with van der Waals surface area (Å²) in [6.45, 7) is 5.34. The predicted molar refractivity (Wildman–Crippen MR) is 102 cm³/mol. The average Bonchev–Trinajstić information content (AvgIpc) is 3.06. The molecule has 142 valence electrons. The third-order valence-corrected chi connectivity index (χ3v) is 6.47. The molecule has 2 aromatic heterocycles. The van der Waals surface area contributed by atoms with Gasteiger partial charge in [-0.2, -0.15) is 5.10 Å². The first-order valence-corrected chi connectivity index (χ1v) is 9.86. The van der Waals surface area contributed by atoms with E-state index in [1.807, 2.05) is 0 Å². The average molecular weight is 389 g/mol. The second-order valence-corrected chi connectivity index (χ2v) is 8.57. The Bertz CT molecular complexity index is 1110. The minimum atomic E-state index is -3.48. The minimum Gasteiger partial charge on any atom is -0.270 e. The van der Waals surface area contributed by atoms with E-state index in [1.54, 1.807) is 51.1 Å². The molecule has 0 saturated heterocycles. The highest BCUT2D eigenvalue weighted by Crippen LogP contribution is 2.29. The standard InChI is InChI=1S/C17H19N5O4S/c1-4-20(27(25,26)12(2)3)14-7-5-6-13(10-14)15-8-9-18-17-16(22(23)24)11-19-21(15)17/h5-12H,4H2,1-3H3. The third kappa shape index (κ3) is 3.23. The molecule has 0 fully saturated rings. The zero-order valence-electron chi connectivity index (χ0n) is 15.1. The van der Waals surface area contributed by atoms with Crippen molar-refractivity contribution in [2.24, 2.45) is 0 Å². The van der Waals surface area contributed by atoms with Gasteiger partial charge in [0.2, 0.25) is 15.7 Å². The number of hydrogen-bond acceptors (Lipinski definition) is 6. The molecule has 3 aromatic rings. The second-order valence-electron chi connectivity index (χ2n) is 6.16. The molecule has 0 aliphatic rings. The molecule has 0 spiro atoms. The van der Waals surface area contributed by atoms with E-state index in [0.29, 0.717) is 23.5 Å². The highest BCUT2D eigenvalue weighted by atomic mass is 32.2. The van der Waals surface area contributed by atoms with Gasteiger partial charge in [0.15, 0.2) is 0 Å². The lowest BCUT2D eigenvalue weighted by Gasteiger charge is -2.25. The van der Waals surface area contributed by atoms with Crippen molar-refractivity contribution in [2.45, 2.75) is 26.0 Å². The summed E-state index contributed by atoms with van der Waals surface area (Å²) in [6, 6.07) is 8.66. The fourth-order valence-electron chi connectivity index (χ4n) is 2.81. The lowest BCUT2D eigenvalue weighted by Crippen LogP contribution is -2.36. The van der Waals surface area contributed by atoms with Crippen molar-refractivity contribution in [1.82, 2.24) is 14.6 Å². The summed E-state index contributed by atoms with van der Waals surface area (Å²) in [5.41, 5.74) is 1.72. The van der Waals surface area contributed by atoms with Gasteiger partial charge in [0, 0.05) is 18.3 Å². The van der Waals surface area contributed by atoms with Crippen LogP contribution in [-0.2, 0) is 10.0 Å². The van der Waals surface area contributed by atoms with E-state index < -0.39 is 20.2 Å². The molecule has 1 aromatic carbocycles. The van der Waals surface area contributed by atoms with Crippen LogP contribution in [0.3, 0.4) is 0 Å². The number of nitro groups is 1. The van der Waals surface area contributed by atoms with Crippen molar-refractivity contribution in [3.63, 3.8) is 0 Å². The maximum atomic E-state index is 12.6. The molecule has 3 rings (SSSR count). The summed E-state index contributed by atoms with van der Waals surface area (Å²) in [6.07, 6.45) is 2.62. The van der Waals surface area contributed by atoms with Gasteiger partial charge in [0.25, 0.3) is 0 Å². The van der Waals surface area contributed by atoms with Gasteiger partial charge in [-0.05, 0) is 39.0 Å². The molecule has 0 unspecified atom stereocenters. The molecule has 0 atom stereocenters. The normalized spacial score (nSPS) is 11.9. The van der Waals surface area contributed by atoms with Crippen molar-refractivity contribution in [1.29, 1.82) is 0 Å². The van der Waals surface area contributed by atoms with Gasteiger partial charge in [-0.15, -0.1) is 0 Å². The van der Waals surface area contributed by atoms with Crippen molar-refractivity contribution in [3.05, 3.63) is 52.8 Å². The molecule has 0 bridgehead atoms. The number of benzene rings is 1. The van der Waals surface area contributed by atoms with Crippen LogP contribution >= 0.6 is 0 Å². The Balaban J connectivity index is 2.14. The van der Waals surface area contributed by atoms with Crippen LogP contribution in [0, 0.1) is 10.1 Å². The van der Waals surface area contributed by atoms with Crippen LogP contribution in [0.1, 0.15) is 20.8 Å². The predicted octanol–water partition coefficient (Wildman–Crippen LogP) is 2.87. The SMILES string of the molecule is CCN(c1cccc(-c2ccnc3c([N+](=O)[O-])cnn23)c1)S(=O)(=O)C(C)C. The molecule has 10 heteroatoms. The highest BCUT2D eigenvalue weighted by molar-refractivity contribution is 7.93. The van der Waals surface area contributed by atoms with Gasteiger partial charge < -0.3 is 0 Å². The number of fused-ring (bicyclic) bond motifs is 1. The molecule has 0 N–H and O–H groups in total. The molecule has 0 saturated carbocycles. The highest BCUT2D eigenvalue weighted by Gasteiger charge is 2.25. The van der Waals surface area contributed by atoms with Gasteiger partial charge >= 0.3 is 5.69 Å². The van der Waals surface area contributed by atoms with Gasteiger partial charge in [-0.1, -0.05) is 12.1 Å². The van der Waals surface area contributed by atoms with Gasteiger partial charge in [-0.3, -0.25) is 14.4 Å². The lowest BCUT2D eigenvalue weighted by atomic mass is 10.1. The maximum Gasteiger partial charge on any atom is 0.333 e. The van der Waals surface area contributed by atoms with Crippen molar-refractivity contribution in [3.8, 4) is 11.3 Å². The largest absolute Gasteiger partial charge is 0.333 e. The molecule has 2 heterocycles. The van der Waals surface area contributed by atoms with E-state index in [-0.39, 0.29) is 11.3 Å². The number of anilines is 1. The topological polar surface area (TPSA) is 111 Å². The van der Waals surface area contributed by atoms with Gasteiger partial charge in [-0.25, -0.2) is 17.9 Å². The molecule has 27 heavy (non-hydrogen) atoms. The molecule has 0 aliphatic heterocycles. The van der Waals surface area contributed by atoms with Crippen molar-refractivity contribution >= 4 is 27.0 Å². The quantitative estimate of drug-likeness (QED) is 0.473. The van der Waals surface area contributed by atoms with Crippen LogP contribution in [0.4, 0.5) is 11.4 Å². The summed E-state index contributed by atoms with van der Waals surface area (Å²) >= 11 is 0. The van der Waals surface area contributed by atoms with E-state index in [4.69, 9.17) is 0 Å². The molecule has 9 nitrogen and oxygen atoms in total. The maximum absolute atomic E-state index is 12.6. The van der Waals surface area contributed by atoms with E-state index in [1.165, 1.54) is 15.0 Å². The summed E-state index contributed by atoms with van der Waals surface area (Å²) in [4.78, 5) is 14.6. The Morgan fingerprint density at radius 3 is 2.67 bits per heavy atom. The first kappa shape index (κ1) is 18.8. The first-order valence-electron chi connectivity index (χ1n) is 8.36. The van der Waals surface area contributed by atoms with E-state index >= 15 is 0 Å². The number of rotatable bonds is 6. The molecule has 0 radical (unpaired) electrons. The molecule has 0 aliphatic carbocycles. The third-order valence-electron chi connectivity index (χ3n) is 4.20. The van der Waals surface area contributed by atoms with E-state index in [2.05, 4.69) is 10.1 Å². The minimum absolute atomic E-state index is 0.130. The zero-order valence-corrected chi connectivity index (χ0v) is 15.9. The molecular weight excluding hydrogens is 370 g/mol. The summed E-state index contributed by atoms with van der Waals surface area (Å²) in [5.74, 6) is 0. The molecular formula is C17H19N5O4S. The Labute approximate surface area is 156 Å². The summed E-state index contributed by atoms with van der Waals surface area (Å²) < 4.78 is 28.0. The Hall–Kier alpha value is -3.01. The Kier molecular flexibility index (Phi) is 4.83. The summed E-state index contributed by atoms with van der Waals surface area (Å²) in [7, 11) is -3.48. The lowest BCUT2D eigenvalue weighted by molar-refractivity contribution is -0.383. The van der Waals surface area contributed by atoms with Crippen LogP contribution in [0.2, 0.25) is 0 Å². The number of hydrogen-bond donors (Lipinski definition) is 0. The summed E-state index contributed by atoms with van der Waals surface area (Å²) in [5, 5.41) is 14.6. The Morgan fingerprint density at radius 2 is 2.04 bits per heavy atom. The molecule has 0 amide bonds. The second kappa shape index (κ2) is 6.95. The van der Waals surface area contributed by atoms with Gasteiger partial charge in [0.1, 0.15) is 6.20 Å². The monoisotopic (exact) mass is 389 g/mol. The zero-order chi connectivity index (χ0) is 19.8.